The normalized spacial score (nSPS) is 11.8. The van der Waals surface area contributed by atoms with E-state index in [0.717, 1.165) is 20.7 Å². The number of nitrogens with zero attached hydrogens (tertiary/aromatic N) is 2. The Bertz CT molecular complexity index is 875. The van der Waals surface area contributed by atoms with Crippen LogP contribution >= 0.6 is 18.9 Å². The van der Waals surface area contributed by atoms with Gasteiger partial charge in [-0.25, -0.2) is 9.97 Å². The van der Waals surface area contributed by atoms with Gasteiger partial charge in [0.1, 0.15) is 23.3 Å². The third kappa shape index (κ3) is 3.34. The average molecular weight is 335 g/mol. The second-order valence-corrected chi connectivity index (χ2v) is 7.60. The Morgan fingerprint density at radius 2 is 2.09 bits per heavy atom. The average Bonchev–Trinajstić information content (AvgIpc) is 2.88. The Balaban J connectivity index is 2.01. The minimum absolute atomic E-state index is 0.434. The number of hydrogen-bond acceptors (Lipinski definition) is 5. The fraction of sp³-hybridized carbons (Fsp3) is 0.143. The number of benzene rings is 1. The molecular formula is C14H14N3O3PS. The van der Waals surface area contributed by atoms with Crippen LogP contribution in [0.4, 0.5) is 5.82 Å². The minimum atomic E-state index is -4.14. The molecule has 0 saturated carbocycles. The summed E-state index contributed by atoms with van der Waals surface area (Å²) >= 11 is 1.52. The van der Waals surface area contributed by atoms with E-state index in [-0.39, 0.29) is 0 Å². The van der Waals surface area contributed by atoms with Crippen LogP contribution in [0.15, 0.2) is 36.7 Å². The van der Waals surface area contributed by atoms with E-state index < -0.39 is 13.9 Å². The molecule has 0 aliphatic carbocycles. The lowest BCUT2D eigenvalue weighted by Crippen LogP contribution is -2.04. The van der Waals surface area contributed by atoms with Crippen molar-refractivity contribution >= 4 is 35.0 Å². The van der Waals surface area contributed by atoms with E-state index in [1.54, 1.807) is 0 Å². The van der Waals surface area contributed by atoms with Crippen molar-refractivity contribution in [3.8, 4) is 10.4 Å². The summed E-state index contributed by atoms with van der Waals surface area (Å²) < 4.78 is 11.0. The van der Waals surface area contributed by atoms with Gasteiger partial charge in [-0.1, -0.05) is 29.8 Å². The molecule has 0 saturated heterocycles. The molecule has 0 fully saturated rings. The Labute approximate surface area is 131 Å². The number of rotatable bonds is 4. The molecule has 8 heteroatoms. The third-order valence-electron chi connectivity index (χ3n) is 3.08. The summed E-state index contributed by atoms with van der Waals surface area (Å²) in [7, 11) is -4.14. The Morgan fingerprint density at radius 1 is 1.27 bits per heavy atom. The van der Waals surface area contributed by atoms with Crippen LogP contribution in [0.25, 0.3) is 20.7 Å². The molecule has 1 aromatic carbocycles. The molecule has 6 nitrogen and oxygen atoms in total. The zero-order valence-corrected chi connectivity index (χ0v) is 13.4. The summed E-state index contributed by atoms with van der Waals surface area (Å²) in [6.07, 6.45) is 0.940. The minimum Gasteiger partial charge on any atom is -0.358 e. The molecule has 3 N–H and O–H groups in total. The standard InChI is InChI=1S/C14H14N3O3PS/c1-9-3-2-4-10(5-9)12-6-11-13(17-8-21(18,19)20)15-7-16-14(11)22-12/h2-7H,8H2,1H3,(H,15,16,17)(H2,18,19,20). The van der Waals surface area contributed by atoms with Crippen molar-refractivity contribution in [2.75, 3.05) is 11.6 Å². The summed E-state index contributed by atoms with van der Waals surface area (Å²) in [5, 5.41) is 3.46. The van der Waals surface area contributed by atoms with Crippen molar-refractivity contribution < 1.29 is 14.4 Å². The highest BCUT2D eigenvalue weighted by atomic mass is 32.1. The predicted molar refractivity (Wildman–Crippen MR) is 88.1 cm³/mol. The maximum absolute atomic E-state index is 11.0. The number of thiophene rings is 1. The second-order valence-electron chi connectivity index (χ2n) is 4.92. The molecule has 0 atom stereocenters. The van der Waals surface area contributed by atoms with E-state index in [1.807, 2.05) is 31.2 Å². The monoisotopic (exact) mass is 335 g/mol. The van der Waals surface area contributed by atoms with Crippen LogP contribution in [-0.2, 0) is 4.57 Å². The van der Waals surface area contributed by atoms with Crippen molar-refractivity contribution in [3.05, 3.63) is 42.2 Å². The third-order valence-corrected chi connectivity index (χ3v) is 4.75. The molecule has 0 spiro atoms. The number of aryl methyl sites for hydroxylation is 1. The van der Waals surface area contributed by atoms with Crippen molar-refractivity contribution in [1.82, 2.24) is 9.97 Å². The van der Waals surface area contributed by atoms with E-state index in [1.165, 1.54) is 23.2 Å². The molecule has 3 aromatic rings. The largest absolute Gasteiger partial charge is 0.358 e. The summed E-state index contributed by atoms with van der Waals surface area (Å²) in [4.78, 5) is 28.1. The van der Waals surface area contributed by atoms with Crippen LogP contribution in [-0.4, -0.2) is 26.0 Å². The molecule has 2 aromatic heterocycles. The highest BCUT2D eigenvalue weighted by Gasteiger charge is 2.15. The lowest BCUT2D eigenvalue weighted by atomic mass is 10.1. The first-order valence-corrected chi connectivity index (χ1v) is 9.14. The molecule has 0 unspecified atom stereocenters. The molecule has 0 aliphatic heterocycles. The molecule has 3 rings (SSSR count). The summed E-state index contributed by atoms with van der Waals surface area (Å²) in [6.45, 7) is 2.03. The molecule has 114 valence electrons. The first kappa shape index (κ1) is 15.1. The fourth-order valence-electron chi connectivity index (χ4n) is 2.11. The zero-order chi connectivity index (χ0) is 15.7. The van der Waals surface area contributed by atoms with Crippen LogP contribution in [0.2, 0.25) is 0 Å². The van der Waals surface area contributed by atoms with Gasteiger partial charge in [-0.2, -0.15) is 0 Å². The van der Waals surface area contributed by atoms with Crippen LogP contribution in [0.1, 0.15) is 5.56 Å². The van der Waals surface area contributed by atoms with Gasteiger partial charge < -0.3 is 15.1 Å². The van der Waals surface area contributed by atoms with Crippen molar-refractivity contribution in [2.24, 2.45) is 0 Å². The first-order valence-electron chi connectivity index (χ1n) is 6.52. The molecule has 0 aliphatic rings. The van der Waals surface area contributed by atoms with Crippen molar-refractivity contribution in [3.63, 3.8) is 0 Å². The summed E-state index contributed by atoms with van der Waals surface area (Å²) in [5.41, 5.74) is 2.25. The number of nitrogens with one attached hydrogen (secondary N) is 1. The van der Waals surface area contributed by atoms with Gasteiger partial charge in [0, 0.05) is 4.88 Å². The quantitative estimate of drug-likeness (QED) is 0.634. The van der Waals surface area contributed by atoms with Gasteiger partial charge in [-0.3, -0.25) is 4.57 Å². The van der Waals surface area contributed by atoms with Crippen LogP contribution in [0, 0.1) is 6.92 Å². The molecule has 0 amide bonds. The van der Waals surface area contributed by atoms with Crippen LogP contribution in [0.3, 0.4) is 0 Å². The lowest BCUT2D eigenvalue weighted by Gasteiger charge is -2.07. The predicted octanol–water partition coefficient (Wildman–Crippen LogP) is 3.21. The van der Waals surface area contributed by atoms with Crippen LogP contribution < -0.4 is 5.32 Å². The van der Waals surface area contributed by atoms with E-state index in [2.05, 4.69) is 21.4 Å². The SMILES string of the molecule is Cc1cccc(-c2cc3c(NCP(=O)(O)O)ncnc3s2)c1. The molecule has 0 bridgehead atoms. The van der Waals surface area contributed by atoms with Crippen molar-refractivity contribution in [1.29, 1.82) is 0 Å². The van der Waals surface area contributed by atoms with Crippen LogP contribution in [0.5, 0.6) is 0 Å². The van der Waals surface area contributed by atoms with E-state index in [4.69, 9.17) is 9.79 Å². The Morgan fingerprint density at radius 3 is 2.82 bits per heavy atom. The molecule has 0 radical (unpaired) electrons. The molecule has 2 heterocycles. The van der Waals surface area contributed by atoms with E-state index in [0.29, 0.717) is 5.82 Å². The molecular weight excluding hydrogens is 321 g/mol. The summed E-state index contributed by atoms with van der Waals surface area (Å²) in [6, 6.07) is 10.1. The number of anilines is 1. The Hall–Kier alpha value is -1.79. The Kier molecular flexibility index (Phi) is 3.97. The van der Waals surface area contributed by atoms with Gasteiger partial charge >= 0.3 is 7.60 Å². The van der Waals surface area contributed by atoms with Gasteiger partial charge in [0.2, 0.25) is 0 Å². The lowest BCUT2D eigenvalue weighted by molar-refractivity contribution is 0.375. The highest BCUT2D eigenvalue weighted by Crippen LogP contribution is 2.37. The summed E-state index contributed by atoms with van der Waals surface area (Å²) in [5.74, 6) is 0.434. The van der Waals surface area contributed by atoms with Gasteiger partial charge in [-0.05, 0) is 18.6 Å². The zero-order valence-electron chi connectivity index (χ0n) is 11.7. The van der Waals surface area contributed by atoms with Gasteiger partial charge in [0.15, 0.2) is 0 Å². The van der Waals surface area contributed by atoms with Gasteiger partial charge in [0.25, 0.3) is 0 Å². The van der Waals surface area contributed by atoms with E-state index in [9.17, 15) is 4.57 Å². The number of hydrogen-bond donors (Lipinski definition) is 3. The maximum Gasteiger partial charge on any atom is 0.344 e. The first-order chi connectivity index (χ1) is 10.4. The highest BCUT2D eigenvalue weighted by molar-refractivity contribution is 7.51. The van der Waals surface area contributed by atoms with Crippen molar-refractivity contribution in [2.45, 2.75) is 6.92 Å². The molecule has 22 heavy (non-hydrogen) atoms. The second kappa shape index (κ2) is 5.78. The number of aromatic nitrogens is 2. The van der Waals surface area contributed by atoms with E-state index >= 15 is 0 Å². The smallest absolute Gasteiger partial charge is 0.344 e. The van der Waals surface area contributed by atoms with Gasteiger partial charge in [0.05, 0.1) is 5.39 Å². The van der Waals surface area contributed by atoms with Gasteiger partial charge in [-0.15, -0.1) is 11.3 Å². The topological polar surface area (TPSA) is 95.3 Å². The maximum atomic E-state index is 11.0. The number of fused-ring (bicyclic) bond motifs is 1. The fourth-order valence-corrected chi connectivity index (χ4v) is 3.47.